The van der Waals surface area contributed by atoms with Crippen LogP contribution in [0.2, 0.25) is 0 Å². The van der Waals surface area contributed by atoms with E-state index in [2.05, 4.69) is 13.8 Å². The lowest BCUT2D eigenvalue weighted by molar-refractivity contribution is 0.243. The number of nitrogens with zero attached hydrogens (tertiary/aromatic N) is 1. The van der Waals surface area contributed by atoms with E-state index in [1.54, 1.807) is 13.8 Å². The smallest absolute Gasteiger partial charge is 0.268 e. The van der Waals surface area contributed by atoms with Crippen molar-refractivity contribution in [2.45, 2.75) is 33.8 Å². The highest BCUT2D eigenvalue weighted by Crippen LogP contribution is 2.01. The van der Waals surface area contributed by atoms with E-state index < -0.39 is 10.1 Å². The molecule has 0 aliphatic heterocycles. The second-order valence-electron chi connectivity index (χ2n) is 4.56. The zero-order chi connectivity index (χ0) is 12.1. The van der Waals surface area contributed by atoms with Gasteiger partial charge in [0.25, 0.3) is 10.1 Å². The fraction of sp³-hybridized carbons (Fsp3) is 1.00. The second-order valence-corrected chi connectivity index (χ2v) is 6.28. The van der Waals surface area contributed by atoms with Crippen LogP contribution in [-0.2, 0) is 14.3 Å². The van der Waals surface area contributed by atoms with Crippen molar-refractivity contribution in [3.8, 4) is 0 Å². The fourth-order valence-electron chi connectivity index (χ4n) is 1.32. The molecule has 0 heterocycles. The monoisotopic (exact) mass is 237 g/mol. The van der Waals surface area contributed by atoms with Crippen LogP contribution in [0.4, 0.5) is 0 Å². The summed E-state index contributed by atoms with van der Waals surface area (Å²) in [6.45, 7) is 9.07. The van der Waals surface area contributed by atoms with E-state index in [1.165, 1.54) is 0 Å². The standard InChI is InChI=1S/C10H23NO3S/c1-9(2)8-11(5)6-7-15(12,13)14-10(3)4/h9-10H,6-8H2,1-5H3. The lowest BCUT2D eigenvalue weighted by atomic mass is 10.2. The Hall–Kier alpha value is -0.130. The third-order valence-electron chi connectivity index (χ3n) is 1.74. The molecule has 15 heavy (non-hydrogen) atoms. The number of rotatable bonds is 7. The van der Waals surface area contributed by atoms with Crippen molar-refractivity contribution in [1.82, 2.24) is 4.90 Å². The van der Waals surface area contributed by atoms with E-state index in [0.29, 0.717) is 12.5 Å². The van der Waals surface area contributed by atoms with E-state index in [-0.39, 0.29) is 11.9 Å². The van der Waals surface area contributed by atoms with E-state index in [0.717, 1.165) is 6.54 Å². The normalized spacial score (nSPS) is 13.1. The Morgan fingerprint density at radius 1 is 1.20 bits per heavy atom. The second kappa shape index (κ2) is 6.45. The molecule has 0 aromatic rings. The predicted molar refractivity (Wildman–Crippen MR) is 62.3 cm³/mol. The number of hydrogen-bond donors (Lipinski definition) is 0. The highest BCUT2D eigenvalue weighted by Gasteiger charge is 2.14. The van der Waals surface area contributed by atoms with Gasteiger partial charge in [-0.3, -0.25) is 4.18 Å². The Bertz CT molecular complexity index is 260. The van der Waals surface area contributed by atoms with E-state index >= 15 is 0 Å². The molecule has 0 N–H and O–H groups in total. The van der Waals surface area contributed by atoms with Gasteiger partial charge in [0.15, 0.2) is 0 Å². The Balaban J connectivity index is 3.93. The van der Waals surface area contributed by atoms with Gasteiger partial charge in [0.2, 0.25) is 0 Å². The van der Waals surface area contributed by atoms with Crippen molar-refractivity contribution in [3.63, 3.8) is 0 Å². The van der Waals surface area contributed by atoms with Crippen LogP contribution in [0.3, 0.4) is 0 Å². The van der Waals surface area contributed by atoms with Crippen molar-refractivity contribution < 1.29 is 12.6 Å². The predicted octanol–water partition coefficient (Wildman–Crippen LogP) is 1.33. The summed E-state index contributed by atoms with van der Waals surface area (Å²) < 4.78 is 27.6. The Morgan fingerprint density at radius 3 is 2.13 bits per heavy atom. The van der Waals surface area contributed by atoms with Crippen LogP contribution in [0.5, 0.6) is 0 Å². The van der Waals surface area contributed by atoms with Gasteiger partial charge >= 0.3 is 0 Å². The van der Waals surface area contributed by atoms with Gasteiger partial charge in [-0.05, 0) is 26.8 Å². The van der Waals surface area contributed by atoms with Gasteiger partial charge in [-0.1, -0.05) is 13.8 Å². The van der Waals surface area contributed by atoms with Gasteiger partial charge in [-0.2, -0.15) is 8.42 Å². The van der Waals surface area contributed by atoms with Crippen molar-refractivity contribution in [3.05, 3.63) is 0 Å². The topological polar surface area (TPSA) is 46.6 Å². The SMILES string of the molecule is CC(C)CN(C)CCS(=O)(=O)OC(C)C. The van der Waals surface area contributed by atoms with Crippen LogP contribution in [0.15, 0.2) is 0 Å². The largest absolute Gasteiger partial charge is 0.305 e. The molecule has 0 aliphatic carbocycles. The molecule has 0 bridgehead atoms. The molecule has 92 valence electrons. The molecule has 0 radical (unpaired) electrons. The van der Waals surface area contributed by atoms with Crippen LogP contribution in [0, 0.1) is 5.92 Å². The highest BCUT2D eigenvalue weighted by molar-refractivity contribution is 7.86. The zero-order valence-electron chi connectivity index (χ0n) is 10.4. The third kappa shape index (κ3) is 8.84. The molecule has 0 rings (SSSR count). The van der Waals surface area contributed by atoms with Crippen LogP contribution in [0.25, 0.3) is 0 Å². The summed E-state index contributed by atoms with van der Waals surface area (Å²) in [5.41, 5.74) is 0. The zero-order valence-corrected chi connectivity index (χ0v) is 11.2. The molecule has 5 heteroatoms. The lowest BCUT2D eigenvalue weighted by Crippen LogP contribution is -2.30. The van der Waals surface area contributed by atoms with Crippen LogP contribution in [0.1, 0.15) is 27.7 Å². The van der Waals surface area contributed by atoms with Gasteiger partial charge in [0, 0.05) is 13.1 Å². The third-order valence-corrected chi connectivity index (χ3v) is 3.10. The lowest BCUT2D eigenvalue weighted by Gasteiger charge is -2.18. The summed E-state index contributed by atoms with van der Waals surface area (Å²) in [7, 11) is -1.43. The average Bonchev–Trinajstić information content (AvgIpc) is 1.97. The summed E-state index contributed by atoms with van der Waals surface area (Å²) in [6.07, 6.45) is -0.273. The first-order valence-electron chi connectivity index (χ1n) is 5.32. The fourth-order valence-corrected chi connectivity index (χ4v) is 2.54. The molecule has 0 unspecified atom stereocenters. The first kappa shape index (κ1) is 14.9. The van der Waals surface area contributed by atoms with Gasteiger partial charge in [-0.25, -0.2) is 0 Å². The van der Waals surface area contributed by atoms with Gasteiger partial charge < -0.3 is 4.90 Å². The minimum Gasteiger partial charge on any atom is -0.305 e. The first-order chi connectivity index (χ1) is 6.73. The Morgan fingerprint density at radius 2 is 1.73 bits per heavy atom. The summed E-state index contributed by atoms with van der Waals surface area (Å²) in [5.74, 6) is 0.609. The van der Waals surface area contributed by atoms with Crippen LogP contribution in [-0.4, -0.2) is 45.3 Å². The summed E-state index contributed by atoms with van der Waals surface area (Å²) in [4.78, 5) is 2.01. The molecule has 0 spiro atoms. The molecule has 0 aromatic heterocycles. The summed E-state index contributed by atoms with van der Waals surface area (Å²) in [5, 5.41) is 0. The highest BCUT2D eigenvalue weighted by atomic mass is 32.2. The quantitative estimate of drug-likeness (QED) is 0.627. The maximum atomic E-state index is 11.4. The molecule has 0 aromatic carbocycles. The van der Waals surface area contributed by atoms with Gasteiger partial charge in [-0.15, -0.1) is 0 Å². The van der Waals surface area contributed by atoms with Crippen molar-refractivity contribution in [1.29, 1.82) is 0 Å². The summed E-state index contributed by atoms with van der Waals surface area (Å²) in [6, 6.07) is 0. The molecular weight excluding hydrogens is 214 g/mol. The molecular formula is C10H23NO3S. The minimum absolute atomic E-state index is 0.0639. The minimum atomic E-state index is -3.35. The van der Waals surface area contributed by atoms with Gasteiger partial charge in [0.05, 0.1) is 11.9 Å². The van der Waals surface area contributed by atoms with Crippen molar-refractivity contribution in [2.24, 2.45) is 5.92 Å². The molecule has 0 saturated heterocycles. The molecule has 0 atom stereocenters. The van der Waals surface area contributed by atoms with Crippen molar-refractivity contribution >= 4 is 10.1 Å². The van der Waals surface area contributed by atoms with E-state index in [4.69, 9.17) is 4.18 Å². The Labute approximate surface area is 93.7 Å². The molecule has 0 saturated carbocycles. The van der Waals surface area contributed by atoms with Crippen LogP contribution >= 0.6 is 0 Å². The average molecular weight is 237 g/mol. The van der Waals surface area contributed by atoms with Crippen LogP contribution < -0.4 is 0 Å². The van der Waals surface area contributed by atoms with E-state index in [1.807, 2.05) is 11.9 Å². The molecule has 0 fully saturated rings. The molecule has 4 nitrogen and oxygen atoms in total. The van der Waals surface area contributed by atoms with Crippen molar-refractivity contribution in [2.75, 3.05) is 25.9 Å². The summed E-state index contributed by atoms with van der Waals surface area (Å²) >= 11 is 0. The Kier molecular flexibility index (Phi) is 6.40. The van der Waals surface area contributed by atoms with Gasteiger partial charge in [0.1, 0.15) is 0 Å². The molecule has 0 aliphatic rings. The first-order valence-corrected chi connectivity index (χ1v) is 6.90. The molecule has 0 amide bonds. The maximum Gasteiger partial charge on any atom is 0.268 e. The maximum absolute atomic E-state index is 11.4. The number of hydrogen-bond acceptors (Lipinski definition) is 4. The van der Waals surface area contributed by atoms with E-state index in [9.17, 15) is 8.42 Å².